The third kappa shape index (κ3) is 4.43. The summed E-state index contributed by atoms with van der Waals surface area (Å²) in [7, 11) is -4.12. The normalized spacial score (nSPS) is 13.0. The van der Waals surface area contributed by atoms with Crippen LogP contribution in [-0.4, -0.2) is 21.2 Å². The van der Waals surface area contributed by atoms with Crippen molar-refractivity contribution in [2.75, 3.05) is 6.61 Å². The van der Waals surface area contributed by atoms with Gasteiger partial charge in [0.2, 0.25) is 0 Å². The van der Waals surface area contributed by atoms with E-state index in [1.807, 2.05) is 0 Å². The van der Waals surface area contributed by atoms with E-state index in [1.165, 1.54) is 11.0 Å². The van der Waals surface area contributed by atoms with E-state index >= 15 is 0 Å². The summed E-state index contributed by atoms with van der Waals surface area (Å²) in [4.78, 5) is 5.24. The third-order valence-electron chi connectivity index (χ3n) is 1.50. The topological polar surface area (TPSA) is 55.4 Å². The molecule has 1 heterocycles. The Morgan fingerprint density at radius 2 is 2.12 bits per heavy atom. The van der Waals surface area contributed by atoms with Crippen LogP contribution in [0.3, 0.4) is 0 Å². The molecule has 0 fully saturated rings. The number of rotatable bonds is 4. The molecule has 0 amide bonds. The maximum absolute atomic E-state index is 11.7. The largest absolute Gasteiger partial charge is 0.413 e. The van der Waals surface area contributed by atoms with Gasteiger partial charge in [-0.3, -0.25) is 4.84 Å². The molecule has 10 heteroatoms. The van der Waals surface area contributed by atoms with Crippen molar-refractivity contribution in [1.82, 2.24) is 4.89 Å². The zero-order valence-electron chi connectivity index (χ0n) is 8.34. The fraction of sp³-hybridized carbons (Fsp3) is 0.429. The van der Waals surface area contributed by atoms with Crippen LogP contribution in [-0.2, 0) is 14.9 Å². The van der Waals surface area contributed by atoms with Crippen molar-refractivity contribution in [3.8, 4) is 0 Å². The van der Waals surface area contributed by atoms with Crippen LogP contribution in [0.25, 0.3) is 0 Å². The minimum absolute atomic E-state index is 0.206. The fourth-order valence-electron chi connectivity index (χ4n) is 0.794. The predicted molar refractivity (Wildman–Crippen MR) is 56.4 cm³/mol. The molecule has 1 N–H and O–H groups in total. The van der Waals surface area contributed by atoms with Gasteiger partial charge in [-0.25, -0.2) is 8.42 Å². The van der Waals surface area contributed by atoms with Gasteiger partial charge in [0.1, 0.15) is 4.21 Å². The summed E-state index contributed by atoms with van der Waals surface area (Å²) >= 11 is 6.38. The van der Waals surface area contributed by atoms with Crippen molar-refractivity contribution in [2.24, 2.45) is 0 Å². The summed E-state index contributed by atoms with van der Waals surface area (Å²) in [5, 5.41) is 0. The molecule has 0 aromatic carbocycles. The number of thiophene rings is 1. The molecule has 0 aliphatic heterocycles. The van der Waals surface area contributed by atoms with Gasteiger partial charge in [-0.15, -0.1) is 11.3 Å². The van der Waals surface area contributed by atoms with Crippen LogP contribution in [0.5, 0.6) is 0 Å². The van der Waals surface area contributed by atoms with E-state index in [9.17, 15) is 21.6 Å². The highest BCUT2D eigenvalue weighted by Gasteiger charge is 2.29. The minimum Gasteiger partial charge on any atom is -0.277 e. The van der Waals surface area contributed by atoms with Gasteiger partial charge in [0.25, 0.3) is 10.0 Å². The van der Waals surface area contributed by atoms with Crippen LogP contribution >= 0.6 is 22.9 Å². The van der Waals surface area contributed by atoms with Crippen LogP contribution in [0.15, 0.2) is 10.3 Å². The SMILES string of the molecule is Cc1cc(S(=O)(=O)NOCC(F)(F)F)sc1Cl. The smallest absolute Gasteiger partial charge is 0.277 e. The molecule has 4 nitrogen and oxygen atoms in total. The fourth-order valence-corrected chi connectivity index (χ4v) is 3.29. The van der Waals surface area contributed by atoms with Crippen LogP contribution in [0.4, 0.5) is 13.2 Å². The van der Waals surface area contributed by atoms with Crippen molar-refractivity contribution in [1.29, 1.82) is 0 Å². The Hall–Kier alpha value is -0.350. The summed E-state index contributed by atoms with van der Waals surface area (Å²) in [6.45, 7) is -0.126. The molecule has 98 valence electrons. The first-order valence-electron chi connectivity index (χ1n) is 4.08. The first-order chi connectivity index (χ1) is 7.62. The van der Waals surface area contributed by atoms with E-state index in [2.05, 4.69) is 4.84 Å². The van der Waals surface area contributed by atoms with Crippen molar-refractivity contribution < 1.29 is 26.4 Å². The minimum atomic E-state index is -4.61. The van der Waals surface area contributed by atoms with Gasteiger partial charge in [-0.1, -0.05) is 16.5 Å². The molecule has 1 rings (SSSR count). The molecule has 0 saturated heterocycles. The van der Waals surface area contributed by atoms with Crippen molar-refractivity contribution in [2.45, 2.75) is 17.3 Å². The third-order valence-corrected chi connectivity index (χ3v) is 4.75. The van der Waals surface area contributed by atoms with Crippen LogP contribution in [0.2, 0.25) is 4.34 Å². The van der Waals surface area contributed by atoms with Gasteiger partial charge in [-0.05, 0) is 18.6 Å². The molecule has 0 unspecified atom stereocenters. The number of sulfonamides is 1. The molecule has 0 aliphatic rings. The molecule has 1 aromatic rings. The summed E-state index contributed by atoms with van der Waals surface area (Å²) in [6, 6.07) is 1.24. The Kier molecular flexibility index (Phi) is 4.42. The first-order valence-corrected chi connectivity index (χ1v) is 6.76. The monoisotopic (exact) mass is 309 g/mol. The number of hydrogen-bond acceptors (Lipinski definition) is 4. The highest BCUT2D eigenvalue weighted by atomic mass is 35.5. The number of nitrogens with one attached hydrogen (secondary N) is 1. The number of aryl methyl sites for hydroxylation is 1. The highest BCUT2D eigenvalue weighted by molar-refractivity contribution is 7.91. The summed E-state index contributed by atoms with van der Waals surface area (Å²) < 4.78 is 58.1. The summed E-state index contributed by atoms with van der Waals surface area (Å²) in [5.41, 5.74) is 0.521. The summed E-state index contributed by atoms with van der Waals surface area (Å²) in [6.07, 6.45) is -4.61. The quantitative estimate of drug-likeness (QED) is 0.869. The molecular weight excluding hydrogens is 303 g/mol. The molecule has 17 heavy (non-hydrogen) atoms. The zero-order valence-corrected chi connectivity index (χ0v) is 10.7. The van der Waals surface area contributed by atoms with Crippen LogP contribution in [0.1, 0.15) is 5.56 Å². The first kappa shape index (κ1) is 14.7. The van der Waals surface area contributed by atoms with Crippen LogP contribution in [0, 0.1) is 6.92 Å². The molecule has 0 bridgehead atoms. The standard InChI is InChI=1S/C7H7ClF3NO3S2/c1-4-2-5(16-6(4)8)17(13,14)12-15-3-7(9,10)11/h2,12H,3H2,1H3. The van der Waals surface area contributed by atoms with Gasteiger partial charge in [0.05, 0.1) is 4.34 Å². The molecular formula is C7H7ClF3NO3S2. The van der Waals surface area contributed by atoms with E-state index in [0.29, 0.717) is 5.56 Å². The lowest BCUT2D eigenvalue weighted by molar-refractivity contribution is -0.181. The molecule has 1 aromatic heterocycles. The molecule has 0 spiro atoms. The lowest BCUT2D eigenvalue weighted by Crippen LogP contribution is -2.29. The second-order valence-electron chi connectivity index (χ2n) is 3.01. The Morgan fingerprint density at radius 1 is 1.53 bits per heavy atom. The van der Waals surface area contributed by atoms with E-state index in [-0.39, 0.29) is 8.55 Å². The van der Waals surface area contributed by atoms with Gasteiger partial charge in [0, 0.05) is 0 Å². The molecule has 0 atom stereocenters. The van der Waals surface area contributed by atoms with E-state index in [4.69, 9.17) is 11.6 Å². The van der Waals surface area contributed by atoms with E-state index in [0.717, 1.165) is 11.3 Å². The number of alkyl halides is 3. The van der Waals surface area contributed by atoms with Gasteiger partial charge in [-0.2, -0.15) is 13.2 Å². The molecule has 0 aliphatic carbocycles. The van der Waals surface area contributed by atoms with E-state index < -0.39 is 22.8 Å². The lowest BCUT2D eigenvalue weighted by atomic mass is 10.4. The second kappa shape index (κ2) is 5.11. The van der Waals surface area contributed by atoms with Crippen molar-refractivity contribution in [3.05, 3.63) is 16.0 Å². The Balaban J connectivity index is 2.70. The average Bonchev–Trinajstić information content (AvgIpc) is 2.45. The van der Waals surface area contributed by atoms with Crippen LogP contribution < -0.4 is 4.89 Å². The summed E-state index contributed by atoms with van der Waals surface area (Å²) in [5.74, 6) is 0. The van der Waals surface area contributed by atoms with E-state index in [1.54, 1.807) is 6.92 Å². The number of hydrogen-bond donors (Lipinski definition) is 1. The molecule has 0 radical (unpaired) electrons. The van der Waals surface area contributed by atoms with Crippen molar-refractivity contribution >= 4 is 33.0 Å². The average molecular weight is 310 g/mol. The Bertz CT molecular complexity index is 477. The lowest BCUT2D eigenvalue weighted by Gasteiger charge is -2.07. The maximum atomic E-state index is 11.7. The molecule has 0 saturated carbocycles. The Morgan fingerprint density at radius 3 is 2.53 bits per heavy atom. The van der Waals surface area contributed by atoms with Gasteiger partial charge in [0.15, 0.2) is 6.61 Å². The second-order valence-corrected chi connectivity index (χ2v) is 6.54. The zero-order chi connectivity index (χ0) is 13.3. The predicted octanol–water partition coefficient (Wildman–Crippen LogP) is 2.48. The van der Waals surface area contributed by atoms with Gasteiger partial charge < -0.3 is 0 Å². The van der Waals surface area contributed by atoms with Crippen molar-refractivity contribution in [3.63, 3.8) is 0 Å². The number of halogens is 4. The van der Waals surface area contributed by atoms with Gasteiger partial charge >= 0.3 is 6.18 Å². The Labute approximate surface area is 104 Å². The highest BCUT2D eigenvalue weighted by Crippen LogP contribution is 2.29. The maximum Gasteiger partial charge on any atom is 0.413 e.